The molecule has 0 radical (unpaired) electrons. The molecule has 0 aliphatic rings. The SMILES string of the molecule is CCNc1cc(NCC(C)(O)CO)nc(COCC)n1. The molecule has 0 amide bonds. The average Bonchev–Trinajstić information content (AvgIpc) is 2.43. The van der Waals surface area contributed by atoms with Gasteiger partial charge in [0.15, 0.2) is 5.82 Å². The Balaban J connectivity index is 2.79. The maximum Gasteiger partial charge on any atom is 0.158 e. The molecule has 0 bridgehead atoms. The van der Waals surface area contributed by atoms with Crippen LogP contribution in [0.5, 0.6) is 0 Å². The molecule has 1 aromatic heterocycles. The van der Waals surface area contributed by atoms with E-state index in [-0.39, 0.29) is 13.2 Å². The second-order valence-corrected chi connectivity index (χ2v) is 4.73. The van der Waals surface area contributed by atoms with Gasteiger partial charge in [0.25, 0.3) is 0 Å². The van der Waals surface area contributed by atoms with Crippen LogP contribution in [0.2, 0.25) is 0 Å². The number of anilines is 2. The van der Waals surface area contributed by atoms with Gasteiger partial charge in [-0.05, 0) is 20.8 Å². The maximum atomic E-state index is 9.77. The monoisotopic (exact) mass is 284 g/mol. The average molecular weight is 284 g/mol. The number of aliphatic hydroxyl groups excluding tert-OH is 1. The van der Waals surface area contributed by atoms with Crippen molar-refractivity contribution in [3.63, 3.8) is 0 Å². The molecule has 4 N–H and O–H groups in total. The van der Waals surface area contributed by atoms with Gasteiger partial charge in [0.05, 0.1) is 6.61 Å². The van der Waals surface area contributed by atoms with Gasteiger partial charge in [-0.25, -0.2) is 9.97 Å². The van der Waals surface area contributed by atoms with Gasteiger partial charge in [0.2, 0.25) is 0 Å². The molecule has 0 aliphatic carbocycles. The number of ether oxygens (including phenoxy) is 1. The van der Waals surface area contributed by atoms with Crippen LogP contribution in [0.4, 0.5) is 11.6 Å². The quantitative estimate of drug-likeness (QED) is 0.527. The number of aliphatic hydroxyl groups is 2. The van der Waals surface area contributed by atoms with E-state index in [4.69, 9.17) is 9.84 Å². The van der Waals surface area contributed by atoms with Crippen LogP contribution >= 0.6 is 0 Å². The minimum atomic E-state index is -1.19. The molecule has 0 saturated carbocycles. The Labute approximate surface area is 119 Å². The summed E-state index contributed by atoms with van der Waals surface area (Å²) in [6.07, 6.45) is 0. The van der Waals surface area contributed by atoms with Gasteiger partial charge in [-0.2, -0.15) is 0 Å². The highest BCUT2D eigenvalue weighted by molar-refractivity contribution is 5.47. The van der Waals surface area contributed by atoms with Crippen molar-refractivity contribution in [2.45, 2.75) is 33.0 Å². The van der Waals surface area contributed by atoms with E-state index >= 15 is 0 Å². The summed E-state index contributed by atoms with van der Waals surface area (Å²) in [5.41, 5.74) is -1.19. The summed E-state index contributed by atoms with van der Waals surface area (Å²) in [5, 5.41) is 24.9. The molecule has 1 atom stereocenters. The molecule has 0 fully saturated rings. The van der Waals surface area contributed by atoms with Crippen molar-refractivity contribution in [3.8, 4) is 0 Å². The van der Waals surface area contributed by atoms with Gasteiger partial charge in [0.1, 0.15) is 23.8 Å². The lowest BCUT2D eigenvalue weighted by Gasteiger charge is -2.21. The van der Waals surface area contributed by atoms with E-state index in [1.54, 1.807) is 13.0 Å². The summed E-state index contributed by atoms with van der Waals surface area (Å²) in [4.78, 5) is 8.64. The van der Waals surface area contributed by atoms with Crippen molar-refractivity contribution in [1.82, 2.24) is 9.97 Å². The maximum absolute atomic E-state index is 9.77. The van der Waals surface area contributed by atoms with Crippen LogP contribution in [0.15, 0.2) is 6.07 Å². The van der Waals surface area contributed by atoms with Crippen molar-refractivity contribution in [1.29, 1.82) is 0 Å². The first-order valence-corrected chi connectivity index (χ1v) is 6.77. The minimum absolute atomic E-state index is 0.195. The van der Waals surface area contributed by atoms with Gasteiger partial charge < -0.3 is 25.6 Å². The number of hydrogen-bond donors (Lipinski definition) is 4. The number of nitrogens with zero attached hydrogens (tertiary/aromatic N) is 2. The van der Waals surface area contributed by atoms with Crippen molar-refractivity contribution in [3.05, 3.63) is 11.9 Å². The smallest absolute Gasteiger partial charge is 0.158 e. The normalized spacial score (nSPS) is 13.8. The molecule has 0 spiro atoms. The second-order valence-electron chi connectivity index (χ2n) is 4.73. The number of hydrogen-bond acceptors (Lipinski definition) is 7. The molecular weight excluding hydrogens is 260 g/mol. The van der Waals surface area contributed by atoms with Gasteiger partial charge >= 0.3 is 0 Å². The van der Waals surface area contributed by atoms with E-state index in [9.17, 15) is 5.11 Å². The minimum Gasteiger partial charge on any atom is -0.393 e. The van der Waals surface area contributed by atoms with Crippen LogP contribution < -0.4 is 10.6 Å². The molecule has 114 valence electrons. The number of rotatable bonds is 9. The van der Waals surface area contributed by atoms with E-state index in [1.165, 1.54) is 0 Å². The largest absolute Gasteiger partial charge is 0.393 e. The molecule has 0 aliphatic heterocycles. The number of aromatic nitrogens is 2. The third-order valence-electron chi connectivity index (χ3n) is 2.56. The van der Waals surface area contributed by atoms with Crippen LogP contribution in [-0.4, -0.2) is 52.1 Å². The fourth-order valence-electron chi connectivity index (χ4n) is 1.45. The van der Waals surface area contributed by atoms with E-state index < -0.39 is 5.60 Å². The van der Waals surface area contributed by atoms with Crippen molar-refractivity contribution in [2.24, 2.45) is 0 Å². The summed E-state index contributed by atoms with van der Waals surface area (Å²) in [7, 11) is 0. The van der Waals surface area contributed by atoms with E-state index in [0.717, 1.165) is 6.54 Å². The van der Waals surface area contributed by atoms with E-state index in [0.29, 0.717) is 30.7 Å². The fourth-order valence-corrected chi connectivity index (χ4v) is 1.45. The Morgan fingerprint density at radius 3 is 2.45 bits per heavy atom. The fraction of sp³-hybridized carbons (Fsp3) is 0.692. The highest BCUT2D eigenvalue weighted by Crippen LogP contribution is 2.13. The topological polar surface area (TPSA) is 99.5 Å². The van der Waals surface area contributed by atoms with Gasteiger partial charge in [-0.3, -0.25) is 0 Å². The van der Waals surface area contributed by atoms with Crippen LogP contribution in [0, 0.1) is 0 Å². The molecule has 1 rings (SSSR count). The third kappa shape index (κ3) is 5.68. The van der Waals surface area contributed by atoms with Crippen LogP contribution in [0.25, 0.3) is 0 Å². The lowest BCUT2D eigenvalue weighted by molar-refractivity contribution is 0.0131. The molecule has 0 aromatic carbocycles. The zero-order chi connectivity index (χ0) is 15.0. The second kappa shape index (κ2) is 7.98. The predicted molar refractivity (Wildman–Crippen MR) is 77.7 cm³/mol. The Kier molecular flexibility index (Phi) is 6.63. The summed E-state index contributed by atoms with van der Waals surface area (Å²) in [6.45, 7) is 6.99. The Hall–Kier alpha value is -1.44. The molecule has 20 heavy (non-hydrogen) atoms. The molecule has 1 aromatic rings. The molecular formula is C13H24N4O3. The Bertz CT molecular complexity index is 413. The highest BCUT2D eigenvalue weighted by Gasteiger charge is 2.18. The first-order chi connectivity index (χ1) is 9.50. The standard InChI is InChI=1S/C13H24N4O3/c1-4-14-10-6-11(15-8-13(3,19)9-18)17-12(16-10)7-20-5-2/h6,18-19H,4-5,7-9H2,1-3H3,(H2,14,15,16,17). The highest BCUT2D eigenvalue weighted by atomic mass is 16.5. The van der Waals surface area contributed by atoms with Crippen LogP contribution in [0.3, 0.4) is 0 Å². The first kappa shape index (κ1) is 16.6. The van der Waals surface area contributed by atoms with Crippen molar-refractivity contribution < 1.29 is 14.9 Å². The predicted octanol–water partition coefficient (Wildman–Crippen LogP) is 0.600. The van der Waals surface area contributed by atoms with Gasteiger partial charge in [-0.15, -0.1) is 0 Å². The molecule has 7 nitrogen and oxygen atoms in total. The van der Waals surface area contributed by atoms with E-state index in [1.807, 2.05) is 13.8 Å². The molecule has 0 saturated heterocycles. The summed E-state index contributed by atoms with van der Waals surface area (Å²) in [5.74, 6) is 1.85. The molecule has 1 unspecified atom stereocenters. The summed E-state index contributed by atoms with van der Waals surface area (Å²) < 4.78 is 5.30. The zero-order valence-corrected chi connectivity index (χ0v) is 12.3. The van der Waals surface area contributed by atoms with Crippen LogP contribution in [0.1, 0.15) is 26.6 Å². The molecule has 7 heteroatoms. The molecule has 1 heterocycles. The first-order valence-electron chi connectivity index (χ1n) is 6.77. The lowest BCUT2D eigenvalue weighted by Crippen LogP contribution is -2.37. The van der Waals surface area contributed by atoms with Gasteiger partial charge in [0, 0.05) is 25.8 Å². The zero-order valence-electron chi connectivity index (χ0n) is 12.3. The van der Waals surface area contributed by atoms with E-state index in [2.05, 4.69) is 20.6 Å². The van der Waals surface area contributed by atoms with Crippen molar-refractivity contribution >= 4 is 11.6 Å². The summed E-state index contributed by atoms with van der Waals surface area (Å²) >= 11 is 0. The Morgan fingerprint density at radius 2 is 1.90 bits per heavy atom. The summed E-state index contributed by atoms with van der Waals surface area (Å²) in [6, 6.07) is 1.76. The third-order valence-corrected chi connectivity index (χ3v) is 2.56. The number of nitrogens with one attached hydrogen (secondary N) is 2. The van der Waals surface area contributed by atoms with Crippen molar-refractivity contribution in [2.75, 3.05) is 36.9 Å². The van der Waals surface area contributed by atoms with Gasteiger partial charge in [-0.1, -0.05) is 0 Å². The Morgan fingerprint density at radius 1 is 1.25 bits per heavy atom. The lowest BCUT2D eigenvalue weighted by atomic mass is 10.1. The van der Waals surface area contributed by atoms with Crippen LogP contribution in [-0.2, 0) is 11.3 Å².